The summed E-state index contributed by atoms with van der Waals surface area (Å²) in [5.41, 5.74) is 0. The Bertz CT molecular complexity index is 295. The van der Waals surface area contributed by atoms with Gasteiger partial charge in [-0.25, -0.2) is 0 Å². The van der Waals surface area contributed by atoms with Crippen LogP contribution in [0.2, 0.25) is 0 Å². The van der Waals surface area contributed by atoms with E-state index in [0.717, 1.165) is 23.1 Å². The Kier molecular flexibility index (Phi) is 1.97. The summed E-state index contributed by atoms with van der Waals surface area (Å²) in [5, 5.41) is 9.10. The standard InChI is InChI=1S/C9H9BrO2/c10-8-5-6(11)1-4-9(8)12-7-2-3-7/h1,4-5,7,11H,2-3H2. The van der Waals surface area contributed by atoms with Crippen molar-refractivity contribution < 1.29 is 9.84 Å². The van der Waals surface area contributed by atoms with Gasteiger partial charge in [-0.1, -0.05) is 0 Å². The zero-order valence-electron chi connectivity index (χ0n) is 6.46. The average Bonchev–Trinajstić information content (AvgIpc) is 2.79. The zero-order chi connectivity index (χ0) is 8.55. The Morgan fingerprint density at radius 2 is 2.17 bits per heavy atom. The molecule has 1 aromatic rings. The van der Waals surface area contributed by atoms with Crippen LogP contribution in [0.4, 0.5) is 0 Å². The topological polar surface area (TPSA) is 29.5 Å². The molecule has 0 aromatic heterocycles. The summed E-state index contributed by atoms with van der Waals surface area (Å²) in [6.07, 6.45) is 2.69. The molecule has 0 heterocycles. The fourth-order valence-corrected chi connectivity index (χ4v) is 1.41. The SMILES string of the molecule is Oc1ccc(OC2CC2)c(Br)c1. The summed E-state index contributed by atoms with van der Waals surface area (Å²) in [5.74, 6) is 1.07. The molecular formula is C9H9BrO2. The van der Waals surface area contributed by atoms with Crippen molar-refractivity contribution in [3.8, 4) is 11.5 Å². The number of halogens is 1. The lowest BCUT2D eigenvalue weighted by molar-refractivity contribution is 0.300. The van der Waals surface area contributed by atoms with Crippen molar-refractivity contribution in [1.29, 1.82) is 0 Å². The molecule has 0 atom stereocenters. The second kappa shape index (κ2) is 2.98. The Balaban J connectivity index is 2.18. The highest BCUT2D eigenvalue weighted by Crippen LogP contribution is 2.33. The number of hydrogen-bond donors (Lipinski definition) is 1. The van der Waals surface area contributed by atoms with Gasteiger partial charge in [0.1, 0.15) is 11.5 Å². The van der Waals surface area contributed by atoms with Crippen LogP contribution in [0.5, 0.6) is 11.5 Å². The third-order valence-corrected chi connectivity index (χ3v) is 2.35. The van der Waals surface area contributed by atoms with E-state index in [2.05, 4.69) is 15.9 Å². The third kappa shape index (κ3) is 1.72. The number of phenolic OH excluding ortho intramolecular Hbond substituents is 1. The van der Waals surface area contributed by atoms with Crippen molar-refractivity contribution in [1.82, 2.24) is 0 Å². The monoisotopic (exact) mass is 228 g/mol. The van der Waals surface area contributed by atoms with Crippen LogP contribution < -0.4 is 4.74 Å². The van der Waals surface area contributed by atoms with Gasteiger partial charge in [0.15, 0.2) is 0 Å². The minimum Gasteiger partial charge on any atom is -0.508 e. The van der Waals surface area contributed by atoms with Gasteiger partial charge in [0.05, 0.1) is 10.6 Å². The normalized spacial score (nSPS) is 16.1. The Morgan fingerprint density at radius 1 is 1.42 bits per heavy atom. The summed E-state index contributed by atoms with van der Waals surface area (Å²) >= 11 is 3.32. The predicted molar refractivity (Wildman–Crippen MR) is 49.5 cm³/mol. The summed E-state index contributed by atoms with van der Waals surface area (Å²) < 4.78 is 6.37. The lowest BCUT2D eigenvalue weighted by atomic mass is 10.3. The van der Waals surface area contributed by atoms with Crippen molar-refractivity contribution >= 4 is 15.9 Å². The number of rotatable bonds is 2. The van der Waals surface area contributed by atoms with E-state index in [9.17, 15) is 0 Å². The molecule has 1 saturated carbocycles. The van der Waals surface area contributed by atoms with Gasteiger partial charge in [-0.15, -0.1) is 0 Å². The molecule has 64 valence electrons. The van der Waals surface area contributed by atoms with E-state index < -0.39 is 0 Å². The number of hydrogen-bond acceptors (Lipinski definition) is 2. The highest BCUT2D eigenvalue weighted by molar-refractivity contribution is 9.10. The molecule has 1 aromatic carbocycles. The molecule has 2 rings (SSSR count). The van der Waals surface area contributed by atoms with Gasteiger partial charge in [-0.05, 0) is 47.0 Å². The molecule has 3 heteroatoms. The first kappa shape index (κ1) is 7.92. The van der Waals surface area contributed by atoms with Crippen molar-refractivity contribution in [3.63, 3.8) is 0 Å². The van der Waals surface area contributed by atoms with Crippen LogP contribution in [-0.2, 0) is 0 Å². The maximum absolute atomic E-state index is 9.10. The van der Waals surface area contributed by atoms with Crippen LogP contribution in [-0.4, -0.2) is 11.2 Å². The van der Waals surface area contributed by atoms with Crippen LogP contribution in [0, 0.1) is 0 Å². The van der Waals surface area contributed by atoms with E-state index in [4.69, 9.17) is 9.84 Å². The largest absolute Gasteiger partial charge is 0.508 e. The van der Waals surface area contributed by atoms with Gasteiger partial charge < -0.3 is 9.84 Å². The minimum absolute atomic E-state index is 0.255. The first-order valence-electron chi connectivity index (χ1n) is 3.91. The van der Waals surface area contributed by atoms with Crippen LogP contribution in [0.15, 0.2) is 22.7 Å². The second-order valence-electron chi connectivity index (χ2n) is 2.93. The molecule has 2 nitrogen and oxygen atoms in total. The summed E-state index contributed by atoms with van der Waals surface area (Å²) in [7, 11) is 0. The number of benzene rings is 1. The van der Waals surface area contributed by atoms with Crippen LogP contribution in [0.1, 0.15) is 12.8 Å². The van der Waals surface area contributed by atoms with E-state index in [0.29, 0.717) is 6.10 Å². The van der Waals surface area contributed by atoms with Gasteiger partial charge >= 0.3 is 0 Å². The van der Waals surface area contributed by atoms with Crippen molar-refractivity contribution in [2.24, 2.45) is 0 Å². The van der Waals surface area contributed by atoms with E-state index in [1.165, 1.54) is 0 Å². The first-order valence-corrected chi connectivity index (χ1v) is 4.70. The van der Waals surface area contributed by atoms with Gasteiger partial charge in [-0.3, -0.25) is 0 Å². The van der Waals surface area contributed by atoms with E-state index in [-0.39, 0.29) is 5.75 Å². The summed E-state index contributed by atoms with van der Waals surface area (Å²) in [6, 6.07) is 5.04. The lowest BCUT2D eigenvalue weighted by Gasteiger charge is -2.06. The maximum atomic E-state index is 9.10. The molecule has 1 aliphatic carbocycles. The Morgan fingerprint density at radius 3 is 2.75 bits per heavy atom. The second-order valence-corrected chi connectivity index (χ2v) is 3.79. The fourth-order valence-electron chi connectivity index (χ4n) is 0.951. The quantitative estimate of drug-likeness (QED) is 0.844. The summed E-state index contributed by atoms with van der Waals surface area (Å²) in [6.45, 7) is 0. The molecule has 0 unspecified atom stereocenters. The molecule has 0 bridgehead atoms. The first-order chi connectivity index (χ1) is 5.75. The smallest absolute Gasteiger partial charge is 0.134 e. The Labute approximate surface area is 79.3 Å². The summed E-state index contributed by atoms with van der Waals surface area (Å²) in [4.78, 5) is 0. The van der Waals surface area contributed by atoms with Crippen LogP contribution in [0.25, 0.3) is 0 Å². The molecule has 12 heavy (non-hydrogen) atoms. The molecule has 0 saturated heterocycles. The average molecular weight is 229 g/mol. The third-order valence-electron chi connectivity index (χ3n) is 1.73. The molecule has 0 amide bonds. The fraction of sp³-hybridized carbons (Fsp3) is 0.333. The minimum atomic E-state index is 0.255. The van der Waals surface area contributed by atoms with Crippen molar-refractivity contribution in [2.75, 3.05) is 0 Å². The zero-order valence-corrected chi connectivity index (χ0v) is 8.04. The predicted octanol–water partition coefficient (Wildman–Crippen LogP) is 2.70. The molecular weight excluding hydrogens is 220 g/mol. The van der Waals surface area contributed by atoms with Crippen molar-refractivity contribution in [3.05, 3.63) is 22.7 Å². The van der Waals surface area contributed by atoms with Gasteiger partial charge in [0.2, 0.25) is 0 Å². The molecule has 1 N–H and O–H groups in total. The van der Waals surface area contributed by atoms with E-state index in [1.54, 1.807) is 18.2 Å². The highest BCUT2D eigenvalue weighted by Gasteiger charge is 2.24. The molecule has 0 radical (unpaired) electrons. The van der Waals surface area contributed by atoms with E-state index in [1.807, 2.05) is 0 Å². The number of phenols is 1. The van der Waals surface area contributed by atoms with Crippen molar-refractivity contribution in [2.45, 2.75) is 18.9 Å². The van der Waals surface area contributed by atoms with Gasteiger partial charge in [-0.2, -0.15) is 0 Å². The maximum Gasteiger partial charge on any atom is 0.134 e. The number of ether oxygens (including phenoxy) is 1. The van der Waals surface area contributed by atoms with Crippen LogP contribution >= 0.6 is 15.9 Å². The molecule has 0 spiro atoms. The lowest BCUT2D eigenvalue weighted by Crippen LogP contribution is -1.95. The molecule has 1 aliphatic rings. The molecule has 1 fully saturated rings. The van der Waals surface area contributed by atoms with Gasteiger partial charge in [0.25, 0.3) is 0 Å². The molecule has 0 aliphatic heterocycles. The van der Waals surface area contributed by atoms with Crippen LogP contribution in [0.3, 0.4) is 0 Å². The van der Waals surface area contributed by atoms with Gasteiger partial charge in [0, 0.05) is 0 Å². The highest BCUT2D eigenvalue weighted by atomic mass is 79.9. The Hall–Kier alpha value is -0.700. The number of aromatic hydroxyl groups is 1. The van der Waals surface area contributed by atoms with E-state index >= 15 is 0 Å².